The second-order valence-corrected chi connectivity index (χ2v) is 6.62. The highest BCUT2D eigenvalue weighted by Gasteiger charge is 2.27. The van der Waals surface area contributed by atoms with Crippen LogP contribution in [0.5, 0.6) is 0 Å². The van der Waals surface area contributed by atoms with Crippen molar-refractivity contribution in [3.8, 4) is 0 Å². The zero-order valence-corrected chi connectivity index (χ0v) is 15.0. The van der Waals surface area contributed by atoms with Gasteiger partial charge >= 0.3 is 6.03 Å². The number of carbonyl (C=O) groups is 1. The second-order valence-electron chi connectivity index (χ2n) is 6.62. The third-order valence-corrected chi connectivity index (χ3v) is 4.54. The number of piperidine rings is 1. The highest BCUT2D eigenvalue weighted by atomic mass is 16.2. The molecule has 1 N–H and O–H groups in total. The van der Waals surface area contributed by atoms with Crippen LogP contribution in [0.4, 0.5) is 10.6 Å². The van der Waals surface area contributed by atoms with Gasteiger partial charge in [0.15, 0.2) is 0 Å². The molecule has 8 heteroatoms. The van der Waals surface area contributed by atoms with E-state index in [0.29, 0.717) is 13.1 Å². The summed E-state index contributed by atoms with van der Waals surface area (Å²) < 4.78 is 1.94. The molecular weight excluding hydrogens is 318 g/mol. The molecule has 3 heterocycles. The molecule has 3 rings (SSSR count). The van der Waals surface area contributed by atoms with E-state index >= 15 is 0 Å². The Morgan fingerprint density at radius 2 is 2.28 bits per heavy atom. The summed E-state index contributed by atoms with van der Waals surface area (Å²) in [6, 6.07) is 3.83. The van der Waals surface area contributed by atoms with Crippen molar-refractivity contribution in [2.75, 3.05) is 32.1 Å². The van der Waals surface area contributed by atoms with Crippen molar-refractivity contribution in [3.05, 3.63) is 36.0 Å². The van der Waals surface area contributed by atoms with Gasteiger partial charge in [-0.15, -0.1) is 10.2 Å². The number of nitrogens with zero attached hydrogens (tertiary/aromatic N) is 6. The molecule has 0 bridgehead atoms. The Balaban J connectivity index is 1.61. The summed E-state index contributed by atoms with van der Waals surface area (Å²) in [4.78, 5) is 20.8. The topological polar surface area (TPSA) is 79.2 Å². The van der Waals surface area contributed by atoms with Crippen molar-refractivity contribution >= 4 is 11.8 Å². The Morgan fingerprint density at radius 3 is 3.00 bits per heavy atom. The third-order valence-electron chi connectivity index (χ3n) is 4.54. The average molecular weight is 343 g/mol. The molecule has 2 amide bonds. The maximum absolute atomic E-state index is 12.6. The van der Waals surface area contributed by atoms with Crippen LogP contribution < -0.4 is 10.2 Å². The minimum Gasteiger partial charge on any atom is -0.362 e. The molecule has 1 saturated heterocycles. The fourth-order valence-electron chi connectivity index (χ4n) is 3.29. The SMILES string of the molecule is CN(C)c1ncccc1CNC(=O)N1CCCC(c2nncn2C)C1. The first-order valence-electron chi connectivity index (χ1n) is 8.54. The minimum atomic E-state index is -0.0413. The lowest BCUT2D eigenvalue weighted by Gasteiger charge is -2.32. The van der Waals surface area contributed by atoms with Gasteiger partial charge < -0.3 is 19.7 Å². The Bertz CT molecular complexity index is 727. The molecule has 0 aromatic carbocycles. The molecular formula is C17H25N7O. The van der Waals surface area contributed by atoms with E-state index in [4.69, 9.17) is 0 Å². The van der Waals surface area contributed by atoms with E-state index in [-0.39, 0.29) is 11.9 Å². The number of carbonyl (C=O) groups excluding carboxylic acids is 1. The minimum absolute atomic E-state index is 0.0413. The summed E-state index contributed by atoms with van der Waals surface area (Å²) in [6.45, 7) is 1.91. The zero-order valence-electron chi connectivity index (χ0n) is 15.0. The molecule has 134 valence electrons. The van der Waals surface area contributed by atoms with Crippen molar-refractivity contribution < 1.29 is 4.79 Å². The molecule has 0 aliphatic carbocycles. The van der Waals surface area contributed by atoms with E-state index in [1.165, 1.54) is 0 Å². The summed E-state index contributed by atoms with van der Waals surface area (Å²) in [5.74, 6) is 2.06. The summed E-state index contributed by atoms with van der Waals surface area (Å²) >= 11 is 0. The molecule has 1 fully saturated rings. The summed E-state index contributed by atoms with van der Waals surface area (Å²) in [5, 5.41) is 11.2. The smallest absolute Gasteiger partial charge is 0.317 e. The molecule has 2 aromatic rings. The van der Waals surface area contributed by atoms with E-state index in [1.54, 1.807) is 12.5 Å². The molecule has 1 atom stereocenters. The van der Waals surface area contributed by atoms with Crippen LogP contribution >= 0.6 is 0 Å². The lowest BCUT2D eigenvalue weighted by molar-refractivity contribution is 0.177. The summed E-state index contributed by atoms with van der Waals surface area (Å²) in [6.07, 6.45) is 5.47. The van der Waals surface area contributed by atoms with Crippen LogP contribution in [0.3, 0.4) is 0 Å². The van der Waals surface area contributed by atoms with Crippen LogP contribution in [0.15, 0.2) is 24.7 Å². The van der Waals surface area contributed by atoms with Crippen molar-refractivity contribution in [3.63, 3.8) is 0 Å². The molecule has 0 saturated carbocycles. The molecule has 0 spiro atoms. The van der Waals surface area contributed by atoms with Gasteiger partial charge in [0.25, 0.3) is 0 Å². The molecule has 8 nitrogen and oxygen atoms in total. The fraction of sp³-hybridized carbons (Fsp3) is 0.529. The number of likely N-dealkylation sites (tertiary alicyclic amines) is 1. The van der Waals surface area contributed by atoms with Crippen LogP contribution in [0.1, 0.15) is 30.1 Å². The first-order valence-corrected chi connectivity index (χ1v) is 8.54. The molecule has 2 aromatic heterocycles. The van der Waals surface area contributed by atoms with Crippen LogP contribution in [0.2, 0.25) is 0 Å². The summed E-state index contributed by atoms with van der Waals surface area (Å²) in [7, 11) is 5.84. The van der Waals surface area contributed by atoms with Crippen molar-refractivity contribution in [2.24, 2.45) is 7.05 Å². The number of rotatable bonds is 4. The van der Waals surface area contributed by atoms with E-state index in [1.807, 2.05) is 47.6 Å². The number of anilines is 1. The maximum atomic E-state index is 12.6. The normalized spacial score (nSPS) is 17.4. The van der Waals surface area contributed by atoms with Gasteiger partial charge in [0.2, 0.25) is 0 Å². The number of nitrogens with one attached hydrogen (secondary N) is 1. The molecule has 0 radical (unpaired) electrons. The van der Waals surface area contributed by atoms with E-state index in [2.05, 4.69) is 20.5 Å². The Labute approximate surface area is 147 Å². The van der Waals surface area contributed by atoms with Crippen LogP contribution in [0, 0.1) is 0 Å². The molecule has 25 heavy (non-hydrogen) atoms. The predicted molar refractivity (Wildman–Crippen MR) is 95.4 cm³/mol. The van der Waals surface area contributed by atoms with Gasteiger partial charge in [0, 0.05) is 58.5 Å². The lowest BCUT2D eigenvalue weighted by atomic mass is 9.97. The van der Waals surface area contributed by atoms with E-state index < -0.39 is 0 Å². The van der Waals surface area contributed by atoms with Crippen LogP contribution in [0.25, 0.3) is 0 Å². The van der Waals surface area contributed by atoms with Gasteiger partial charge in [0.1, 0.15) is 18.0 Å². The number of aromatic nitrogens is 4. The number of hydrogen-bond donors (Lipinski definition) is 1. The van der Waals surface area contributed by atoms with E-state index in [9.17, 15) is 4.79 Å². The number of aryl methyl sites for hydroxylation is 1. The Kier molecular flexibility index (Phi) is 5.16. The first kappa shape index (κ1) is 17.2. The maximum Gasteiger partial charge on any atom is 0.317 e. The monoisotopic (exact) mass is 343 g/mol. The van der Waals surface area contributed by atoms with E-state index in [0.717, 1.165) is 36.6 Å². The number of hydrogen-bond acceptors (Lipinski definition) is 5. The van der Waals surface area contributed by atoms with Crippen molar-refractivity contribution in [1.82, 2.24) is 30.0 Å². The number of urea groups is 1. The van der Waals surface area contributed by atoms with Gasteiger partial charge in [-0.2, -0.15) is 0 Å². The quantitative estimate of drug-likeness (QED) is 0.907. The van der Waals surface area contributed by atoms with Gasteiger partial charge in [-0.1, -0.05) is 6.07 Å². The molecule has 1 aliphatic heterocycles. The van der Waals surface area contributed by atoms with Crippen LogP contribution in [-0.2, 0) is 13.6 Å². The number of amides is 2. The van der Waals surface area contributed by atoms with Gasteiger partial charge in [-0.05, 0) is 18.9 Å². The highest BCUT2D eigenvalue weighted by Crippen LogP contribution is 2.25. The van der Waals surface area contributed by atoms with Crippen LogP contribution in [-0.4, -0.2) is 57.9 Å². The zero-order chi connectivity index (χ0) is 17.8. The standard InChI is InChI=1S/C17H25N7O/c1-22(2)15-13(6-4-8-18-15)10-19-17(25)24-9-5-7-14(11-24)16-21-20-12-23(16)3/h4,6,8,12,14H,5,7,9-11H2,1-3H3,(H,19,25). The summed E-state index contributed by atoms with van der Waals surface area (Å²) in [5.41, 5.74) is 1.00. The fourth-order valence-corrected chi connectivity index (χ4v) is 3.29. The Hall–Kier alpha value is -2.64. The number of pyridine rings is 1. The van der Waals surface area contributed by atoms with Gasteiger partial charge in [-0.25, -0.2) is 9.78 Å². The Morgan fingerprint density at radius 1 is 1.44 bits per heavy atom. The van der Waals surface area contributed by atoms with Crippen molar-refractivity contribution in [2.45, 2.75) is 25.3 Å². The molecule has 1 unspecified atom stereocenters. The lowest BCUT2D eigenvalue weighted by Crippen LogP contribution is -2.45. The largest absolute Gasteiger partial charge is 0.362 e. The predicted octanol–water partition coefficient (Wildman–Crippen LogP) is 1.37. The van der Waals surface area contributed by atoms with Gasteiger partial charge in [0.05, 0.1) is 0 Å². The van der Waals surface area contributed by atoms with Crippen molar-refractivity contribution in [1.29, 1.82) is 0 Å². The molecule has 1 aliphatic rings. The average Bonchev–Trinajstić information content (AvgIpc) is 3.06. The highest BCUT2D eigenvalue weighted by molar-refractivity contribution is 5.74. The third kappa shape index (κ3) is 3.89. The van der Waals surface area contributed by atoms with Gasteiger partial charge in [-0.3, -0.25) is 0 Å². The first-order chi connectivity index (χ1) is 12.1. The second kappa shape index (κ2) is 7.50.